The lowest BCUT2D eigenvalue weighted by atomic mass is 10.2. The van der Waals surface area contributed by atoms with Crippen molar-refractivity contribution >= 4 is 38.9 Å². The molecule has 1 heterocycles. The van der Waals surface area contributed by atoms with Gasteiger partial charge in [0.2, 0.25) is 11.8 Å². The van der Waals surface area contributed by atoms with Gasteiger partial charge in [0.25, 0.3) is 0 Å². The largest absolute Gasteiger partial charge is 0.352 e. The molecule has 0 spiro atoms. The van der Waals surface area contributed by atoms with Crippen molar-refractivity contribution in [1.29, 1.82) is 0 Å². The zero-order chi connectivity index (χ0) is 17.5. The Balaban J connectivity index is 1.52. The first-order valence-corrected chi connectivity index (χ1v) is 9.72. The zero-order valence-corrected chi connectivity index (χ0v) is 14.2. The van der Waals surface area contributed by atoms with Gasteiger partial charge >= 0.3 is 0 Å². The number of rotatable bonds is 4. The molecule has 24 heavy (non-hydrogen) atoms. The van der Waals surface area contributed by atoms with Crippen LogP contribution in [0.5, 0.6) is 0 Å². The van der Waals surface area contributed by atoms with Gasteiger partial charge in [0.15, 0.2) is 9.84 Å². The number of hydrogen-bond acceptors (Lipinski definition) is 4. The first-order chi connectivity index (χ1) is 11.2. The van der Waals surface area contributed by atoms with Crippen LogP contribution in [0.25, 0.3) is 0 Å². The minimum atomic E-state index is -3.06. The van der Waals surface area contributed by atoms with E-state index in [0.717, 1.165) is 6.07 Å². The molecule has 0 aromatic heterocycles. The summed E-state index contributed by atoms with van der Waals surface area (Å²) in [5, 5.41) is 5.19. The fourth-order valence-corrected chi connectivity index (χ4v) is 4.65. The number of nitrogens with one attached hydrogen (secondary N) is 2. The Morgan fingerprint density at radius 1 is 1.21 bits per heavy atom. The van der Waals surface area contributed by atoms with Crippen LogP contribution >= 0.6 is 11.6 Å². The molecule has 0 radical (unpaired) electrons. The van der Waals surface area contributed by atoms with Crippen LogP contribution in [0.4, 0.5) is 10.1 Å². The molecule has 1 aromatic carbocycles. The van der Waals surface area contributed by atoms with Gasteiger partial charge in [0.1, 0.15) is 5.82 Å². The Morgan fingerprint density at radius 3 is 2.54 bits per heavy atom. The maximum absolute atomic E-state index is 13.1. The molecule has 1 saturated carbocycles. The molecule has 3 rings (SSSR count). The molecule has 2 aliphatic rings. The van der Waals surface area contributed by atoms with Crippen molar-refractivity contribution in [1.82, 2.24) is 5.32 Å². The second-order valence-corrected chi connectivity index (χ2v) is 8.81. The highest BCUT2D eigenvalue weighted by atomic mass is 35.5. The van der Waals surface area contributed by atoms with Crippen LogP contribution in [0.3, 0.4) is 0 Å². The average Bonchev–Trinajstić information content (AvgIpc) is 3.23. The number of carbonyl (C=O) groups is 2. The summed E-state index contributed by atoms with van der Waals surface area (Å²) in [6.07, 6.45) is 0.817. The van der Waals surface area contributed by atoms with Crippen LogP contribution in [0.2, 0.25) is 5.02 Å². The molecule has 130 valence electrons. The van der Waals surface area contributed by atoms with E-state index < -0.39 is 27.5 Å². The molecule has 2 N–H and O–H groups in total. The SMILES string of the molecule is O=C(Nc1ccc(F)c(Cl)c1)C1CC1C(=O)NC1CCS(=O)(=O)C1. The highest BCUT2D eigenvalue weighted by Crippen LogP contribution is 2.40. The number of hydrogen-bond donors (Lipinski definition) is 2. The van der Waals surface area contributed by atoms with Crippen molar-refractivity contribution in [3.63, 3.8) is 0 Å². The maximum Gasteiger partial charge on any atom is 0.228 e. The van der Waals surface area contributed by atoms with E-state index >= 15 is 0 Å². The third kappa shape index (κ3) is 3.87. The van der Waals surface area contributed by atoms with Crippen LogP contribution in [0.15, 0.2) is 18.2 Å². The predicted molar refractivity (Wildman–Crippen MR) is 86.8 cm³/mol. The van der Waals surface area contributed by atoms with E-state index in [0.29, 0.717) is 18.5 Å². The molecule has 6 nitrogen and oxygen atoms in total. The van der Waals surface area contributed by atoms with Gasteiger partial charge in [-0.2, -0.15) is 0 Å². The lowest BCUT2D eigenvalue weighted by molar-refractivity contribution is -0.125. The molecule has 2 amide bonds. The van der Waals surface area contributed by atoms with Crippen molar-refractivity contribution < 1.29 is 22.4 Å². The van der Waals surface area contributed by atoms with Gasteiger partial charge in [0, 0.05) is 11.7 Å². The Bertz CT molecular complexity index is 799. The molecule has 0 bridgehead atoms. The first kappa shape index (κ1) is 17.2. The van der Waals surface area contributed by atoms with Crippen molar-refractivity contribution in [2.45, 2.75) is 18.9 Å². The van der Waals surface area contributed by atoms with E-state index in [4.69, 9.17) is 11.6 Å². The van der Waals surface area contributed by atoms with Gasteiger partial charge in [-0.15, -0.1) is 0 Å². The van der Waals surface area contributed by atoms with Crippen molar-refractivity contribution in [3.8, 4) is 0 Å². The first-order valence-electron chi connectivity index (χ1n) is 7.52. The molecule has 1 aliphatic heterocycles. The van der Waals surface area contributed by atoms with Gasteiger partial charge in [0.05, 0.1) is 28.4 Å². The van der Waals surface area contributed by atoms with Crippen molar-refractivity contribution in [3.05, 3.63) is 29.0 Å². The van der Waals surface area contributed by atoms with E-state index in [1.54, 1.807) is 0 Å². The van der Waals surface area contributed by atoms with Gasteiger partial charge < -0.3 is 10.6 Å². The summed E-state index contributed by atoms with van der Waals surface area (Å²) in [6, 6.07) is 3.47. The van der Waals surface area contributed by atoms with E-state index in [2.05, 4.69) is 10.6 Å². The molecular weight excluding hydrogens is 359 g/mol. The summed E-state index contributed by atoms with van der Waals surface area (Å²) < 4.78 is 35.8. The number of anilines is 1. The van der Waals surface area contributed by atoms with E-state index in [1.165, 1.54) is 12.1 Å². The second-order valence-electron chi connectivity index (χ2n) is 6.18. The molecule has 1 aliphatic carbocycles. The van der Waals surface area contributed by atoms with Gasteiger partial charge in [-0.05, 0) is 31.0 Å². The highest BCUT2D eigenvalue weighted by molar-refractivity contribution is 7.91. The number of benzene rings is 1. The average molecular weight is 375 g/mol. The minimum Gasteiger partial charge on any atom is -0.352 e. The van der Waals surface area contributed by atoms with Crippen molar-refractivity contribution in [2.24, 2.45) is 11.8 Å². The normalized spacial score (nSPS) is 27.5. The van der Waals surface area contributed by atoms with Gasteiger partial charge in [-0.3, -0.25) is 9.59 Å². The standard InChI is InChI=1S/C15H16ClFN2O4S/c16-12-5-8(1-2-13(12)17)18-14(20)10-6-11(10)15(21)19-9-3-4-24(22,23)7-9/h1-2,5,9-11H,3-4,6-7H2,(H,18,20)(H,19,21). The van der Waals surface area contributed by atoms with Crippen LogP contribution in [0.1, 0.15) is 12.8 Å². The van der Waals surface area contributed by atoms with Crippen LogP contribution in [0, 0.1) is 17.7 Å². The van der Waals surface area contributed by atoms with Crippen LogP contribution in [-0.4, -0.2) is 37.8 Å². The zero-order valence-electron chi connectivity index (χ0n) is 12.6. The van der Waals surface area contributed by atoms with Crippen molar-refractivity contribution in [2.75, 3.05) is 16.8 Å². The molecular formula is C15H16ClFN2O4S. The summed E-state index contributed by atoms with van der Waals surface area (Å²) >= 11 is 5.65. The summed E-state index contributed by atoms with van der Waals surface area (Å²) in [5.74, 6) is -2.10. The van der Waals surface area contributed by atoms with E-state index in [-0.39, 0.29) is 34.4 Å². The molecule has 3 unspecified atom stereocenters. The molecule has 2 fully saturated rings. The Hall–Kier alpha value is -1.67. The number of amides is 2. The Labute approximate surface area is 143 Å². The summed E-state index contributed by atoms with van der Waals surface area (Å²) in [4.78, 5) is 24.2. The molecule has 1 aromatic rings. The number of carbonyl (C=O) groups excluding carboxylic acids is 2. The number of halogens is 2. The fraction of sp³-hybridized carbons (Fsp3) is 0.467. The van der Waals surface area contributed by atoms with E-state index in [1.807, 2.05) is 0 Å². The smallest absolute Gasteiger partial charge is 0.228 e. The van der Waals surface area contributed by atoms with Crippen LogP contribution in [-0.2, 0) is 19.4 Å². The van der Waals surface area contributed by atoms with Gasteiger partial charge in [-0.25, -0.2) is 12.8 Å². The topological polar surface area (TPSA) is 92.3 Å². The summed E-state index contributed by atoms with van der Waals surface area (Å²) in [5.41, 5.74) is 0.361. The lowest BCUT2D eigenvalue weighted by Crippen LogP contribution is -2.37. The monoisotopic (exact) mass is 374 g/mol. The van der Waals surface area contributed by atoms with Crippen LogP contribution < -0.4 is 10.6 Å². The fourth-order valence-electron chi connectivity index (χ4n) is 2.80. The molecule has 3 atom stereocenters. The predicted octanol–water partition coefficient (Wildman–Crippen LogP) is 1.36. The lowest BCUT2D eigenvalue weighted by Gasteiger charge is -2.10. The van der Waals surface area contributed by atoms with Gasteiger partial charge in [-0.1, -0.05) is 11.6 Å². The second kappa shape index (κ2) is 6.33. The Kier molecular flexibility index (Phi) is 4.52. The van der Waals surface area contributed by atoms with E-state index in [9.17, 15) is 22.4 Å². The molecule has 1 saturated heterocycles. The molecule has 9 heteroatoms. The third-order valence-corrected chi connectivity index (χ3v) is 6.29. The highest BCUT2D eigenvalue weighted by Gasteiger charge is 2.48. The quantitative estimate of drug-likeness (QED) is 0.832. The summed E-state index contributed by atoms with van der Waals surface area (Å²) in [6.45, 7) is 0. The maximum atomic E-state index is 13.1. The Morgan fingerprint density at radius 2 is 1.92 bits per heavy atom. The minimum absolute atomic E-state index is 0.0452. The number of sulfone groups is 1. The third-order valence-electron chi connectivity index (χ3n) is 4.23. The summed E-state index contributed by atoms with van der Waals surface area (Å²) in [7, 11) is -3.06.